The van der Waals surface area contributed by atoms with Gasteiger partial charge in [-0.2, -0.15) is 0 Å². The third-order valence-electron chi connectivity index (χ3n) is 2.93. The maximum Gasteiger partial charge on any atom is 0.410 e. The molecule has 2 rings (SSSR count). The fraction of sp³-hybridized carbons (Fsp3) is 0.643. The summed E-state index contributed by atoms with van der Waals surface area (Å²) in [6.45, 7) is 7.76. The van der Waals surface area contributed by atoms with Gasteiger partial charge in [-0.05, 0) is 32.9 Å². The number of carbonyl (C=O) groups is 1. The molecule has 5 nitrogen and oxygen atoms in total. The van der Waals surface area contributed by atoms with Crippen molar-refractivity contribution in [2.75, 3.05) is 19.6 Å². The Morgan fingerprint density at radius 1 is 1.58 bits per heavy atom. The average Bonchev–Trinajstić information content (AvgIpc) is 2.80. The standard InChI is InChI=1S/C14H22N2O3/c1-14(2,3)19-13(17)16-7-6-15-11(10-16)9-12-5-4-8-18-12/h4-5,8,11,15H,6-7,9-10H2,1-3H3/t11-/m1/s1. The van der Waals surface area contributed by atoms with Crippen molar-refractivity contribution in [1.82, 2.24) is 10.2 Å². The molecular formula is C14H22N2O3. The first-order valence-electron chi connectivity index (χ1n) is 6.68. The quantitative estimate of drug-likeness (QED) is 0.890. The summed E-state index contributed by atoms with van der Waals surface area (Å²) in [5.41, 5.74) is -0.446. The molecule has 0 unspecified atom stereocenters. The van der Waals surface area contributed by atoms with E-state index in [1.165, 1.54) is 0 Å². The molecule has 0 spiro atoms. The topological polar surface area (TPSA) is 54.7 Å². The number of carbonyl (C=O) groups excluding carboxylic acids is 1. The van der Waals surface area contributed by atoms with Crippen LogP contribution in [0.1, 0.15) is 26.5 Å². The van der Waals surface area contributed by atoms with Crippen molar-refractivity contribution in [1.29, 1.82) is 0 Å². The Morgan fingerprint density at radius 2 is 2.37 bits per heavy atom. The first-order chi connectivity index (χ1) is 8.94. The first-order valence-corrected chi connectivity index (χ1v) is 6.68. The molecule has 19 heavy (non-hydrogen) atoms. The highest BCUT2D eigenvalue weighted by Gasteiger charge is 2.27. The first kappa shape index (κ1) is 13.9. The van der Waals surface area contributed by atoms with E-state index in [1.54, 1.807) is 11.2 Å². The van der Waals surface area contributed by atoms with Crippen LogP contribution in [0.2, 0.25) is 0 Å². The lowest BCUT2D eigenvalue weighted by Crippen LogP contribution is -2.54. The molecule has 1 amide bonds. The fourth-order valence-corrected chi connectivity index (χ4v) is 2.13. The van der Waals surface area contributed by atoms with Gasteiger partial charge in [-0.1, -0.05) is 0 Å². The number of piperazine rings is 1. The molecule has 2 heterocycles. The molecule has 106 valence electrons. The van der Waals surface area contributed by atoms with Gasteiger partial charge < -0.3 is 19.4 Å². The zero-order valence-electron chi connectivity index (χ0n) is 11.8. The maximum atomic E-state index is 12.0. The zero-order valence-corrected chi connectivity index (χ0v) is 11.8. The van der Waals surface area contributed by atoms with Gasteiger partial charge in [0.05, 0.1) is 6.26 Å². The Labute approximate surface area is 113 Å². The third kappa shape index (κ3) is 4.28. The van der Waals surface area contributed by atoms with Gasteiger partial charge in [-0.15, -0.1) is 0 Å². The molecule has 0 aliphatic carbocycles. The summed E-state index contributed by atoms with van der Waals surface area (Å²) in [5, 5.41) is 3.40. The van der Waals surface area contributed by atoms with E-state index in [-0.39, 0.29) is 12.1 Å². The lowest BCUT2D eigenvalue weighted by molar-refractivity contribution is 0.0194. The number of hydrogen-bond acceptors (Lipinski definition) is 4. The summed E-state index contributed by atoms with van der Waals surface area (Å²) in [5.74, 6) is 0.934. The van der Waals surface area contributed by atoms with E-state index >= 15 is 0 Å². The second kappa shape index (κ2) is 5.65. The van der Waals surface area contributed by atoms with E-state index in [4.69, 9.17) is 9.15 Å². The van der Waals surface area contributed by atoms with Gasteiger partial charge in [-0.25, -0.2) is 4.79 Å². The number of furan rings is 1. The largest absolute Gasteiger partial charge is 0.469 e. The van der Waals surface area contributed by atoms with Crippen molar-refractivity contribution in [2.45, 2.75) is 38.8 Å². The van der Waals surface area contributed by atoms with Crippen LogP contribution in [-0.2, 0) is 11.2 Å². The Balaban J connectivity index is 1.88. The van der Waals surface area contributed by atoms with Crippen LogP contribution in [-0.4, -0.2) is 42.3 Å². The summed E-state index contributed by atoms with van der Waals surface area (Å²) in [6, 6.07) is 4.05. The Kier molecular flexibility index (Phi) is 4.14. The monoisotopic (exact) mass is 266 g/mol. The van der Waals surface area contributed by atoms with Gasteiger partial charge in [0.2, 0.25) is 0 Å². The normalized spacial score (nSPS) is 20.4. The Hall–Kier alpha value is -1.49. The van der Waals surface area contributed by atoms with Crippen LogP contribution >= 0.6 is 0 Å². The van der Waals surface area contributed by atoms with Crippen molar-refractivity contribution in [3.8, 4) is 0 Å². The molecule has 1 N–H and O–H groups in total. The van der Waals surface area contributed by atoms with Gasteiger partial charge in [0.15, 0.2) is 0 Å². The molecule has 5 heteroatoms. The van der Waals surface area contributed by atoms with Crippen LogP contribution in [0, 0.1) is 0 Å². The number of nitrogens with one attached hydrogen (secondary N) is 1. The molecule has 1 atom stereocenters. The molecule has 1 aromatic rings. The smallest absolute Gasteiger partial charge is 0.410 e. The predicted octanol–water partition coefficient (Wildman–Crippen LogP) is 2.03. The van der Waals surface area contributed by atoms with Crippen molar-refractivity contribution in [2.24, 2.45) is 0 Å². The van der Waals surface area contributed by atoms with E-state index in [0.717, 1.165) is 18.7 Å². The van der Waals surface area contributed by atoms with E-state index in [9.17, 15) is 4.79 Å². The molecule has 1 aliphatic heterocycles. The SMILES string of the molecule is CC(C)(C)OC(=O)N1CCN[C@H](Cc2ccco2)C1. The molecule has 0 aromatic carbocycles. The third-order valence-corrected chi connectivity index (χ3v) is 2.93. The van der Waals surface area contributed by atoms with Crippen molar-refractivity contribution < 1.29 is 13.9 Å². The van der Waals surface area contributed by atoms with Crippen LogP contribution in [0.15, 0.2) is 22.8 Å². The van der Waals surface area contributed by atoms with Gasteiger partial charge in [-0.3, -0.25) is 0 Å². The second-order valence-electron chi connectivity index (χ2n) is 5.86. The van der Waals surface area contributed by atoms with Gasteiger partial charge in [0.1, 0.15) is 11.4 Å². The van der Waals surface area contributed by atoms with Gasteiger partial charge in [0, 0.05) is 32.1 Å². The van der Waals surface area contributed by atoms with E-state index in [2.05, 4.69) is 5.32 Å². The summed E-state index contributed by atoms with van der Waals surface area (Å²) in [6.07, 6.45) is 2.22. The minimum atomic E-state index is -0.446. The summed E-state index contributed by atoms with van der Waals surface area (Å²) < 4.78 is 10.7. The van der Waals surface area contributed by atoms with Crippen LogP contribution in [0.4, 0.5) is 4.79 Å². The summed E-state index contributed by atoms with van der Waals surface area (Å²) in [7, 11) is 0. The van der Waals surface area contributed by atoms with E-state index in [0.29, 0.717) is 13.1 Å². The maximum absolute atomic E-state index is 12.0. The average molecular weight is 266 g/mol. The van der Waals surface area contributed by atoms with Crippen LogP contribution in [0.25, 0.3) is 0 Å². The molecule has 1 aliphatic rings. The zero-order chi connectivity index (χ0) is 13.9. The van der Waals surface area contributed by atoms with Crippen LogP contribution in [0.5, 0.6) is 0 Å². The van der Waals surface area contributed by atoms with Crippen LogP contribution < -0.4 is 5.32 Å². The van der Waals surface area contributed by atoms with Gasteiger partial charge in [0.25, 0.3) is 0 Å². The highest BCUT2D eigenvalue weighted by Crippen LogP contribution is 2.13. The molecule has 1 aromatic heterocycles. The Bertz CT molecular complexity index is 409. The summed E-state index contributed by atoms with van der Waals surface area (Å²) in [4.78, 5) is 13.8. The van der Waals surface area contributed by atoms with Gasteiger partial charge >= 0.3 is 6.09 Å². The van der Waals surface area contributed by atoms with Crippen molar-refractivity contribution in [3.63, 3.8) is 0 Å². The predicted molar refractivity (Wildman–Crippen MR) is 72.0 cm³/mol. The number of amides is 1. The highest BCUT2D eigenvalue weighted by atomic mass is 16.6. The number of rotatable bonds is 2. The van der Waals surface area contributed by atoms with E-state index in [1.807, 2.05) is 32.9 Å². The minimum absolute atomic E-state index is 0.215. The molecule has 1 fully saturated rings. The van der Waals surface area contributed by atoms with Crippen LogP contribution in [0.3, 0.4) is 0 Å². The van der Waals surface area contributed by atoms with Crippen molar-refractivity contribution in [3.05, 3.63) is 24.2 Å². The minimum Gasteiger partial charge on any atom is -0.469 e. The summed E-state index contributed by atoms with van der Waals surface area (Å²) >= 11 is 0. The second-order valence-corrected chi connectivity index (χ2v) is 5.86. The fourth-order valence-electron chi connectivity index (χ4n) is 2.13. The lowest BCUT2D eigenvalue weighted by Gasteiger charge is -2.34. The number of nitrogens with zero attached hydrogens (tertiary/aromatic N) is 1. The lowest BCUT2D eigenvalue weighted by atomic mass is 10.1. The number of ether oxygens (including phenoxy) is 1. The molecule has 1 saturated heterocycles. The molecule has 0 bridgehead atoms. The Morgan fingerprint density at radius 3 is 3.00 bits per heavy atom. The molecule has 0 saturated carbocycles. The molecule has 0 radical (unpaired) electrons. The van der Waals surface area contributed by atoms with E-state index < -0.39 is 5.60 Å². The van der Waals surface area contributed by atoms with Crippen molar-refractivity contribution >= 4 is 6.09 Å². The number of hydrogen-bond donors (Lipinski definition) is 1. The molecular weight excluding hydrogens is 244 g/mol. The highest BCUT2D eigenvalue weighted by molar-refractivity contribution is 5.68.